The predicted octanol–water partition coefficient (Wildman–Crippen LogP) is 16.8. The third-order valence-corrected chi connectivity index (χ3v) is 13.7. The third-order valence-electron chi connectivity index (χ3n) is 13.7. The second-order valence-corrected chi connectivity index (χ2v) is 20.3. The summed E-state index contributed by atoms with van der Waals surface area (Å²) in [6.45, 7) is 14.2. The van der Waals surface area contributed by atoms with E-state index in [4.69, 9.17) is 9.47 Å². The summed E-state index contributed by atoms with van der Waals surface area (Å²) in [5.74, 6) is 1.21. The van der Waals surface area contributed by atoms with E-state index in [2.05, 4.69) is 58.5 Å². The maximum atomic E-state index is 13.9. The zero-order valence-electron chi connectivity index (χ0n) is 44.3. The van der Waals surface area contributed by atoms with E-state index in [9.17, 15) is 14.4 Å². The van der Waals surface area contributed by atoms with Crippen LogP contribution in [0.25, 0.3) is 0 Å². The molecule has 0 saturated heterocycles. The molecule has 0 heterocycles. The number of esters is 2. The molecule has 0 spiro atoms. The van der Waals surface area contributed by atoms with Crippen LogP contribution in [0.3, 0.4) is 0 Å². The van der Waals surface area contributed by atoms with Crippen molar-refractivity contribution < 1.29 is 23.9 Å². The summed E-state index contributed by atoms with van der Waals surface area (Å²) in [5.41, 5.74) is 0. The summed E-state index contributed by atoms with van der Waals surface area (Å²) in [6.07, 6.45) is 45.3. The number of unbranched alkanes of at least 4 members (excludes halogenated alkanes) is 23. The molecular weight excluding hydrogens is 793 g/mol. The van der Waals surface area contributed by atoms with E-state index in [1.165, 1.54) is 154 Å². The molecule has 0 aliphatic rings. The van der Waals surface area contributed by atoms with E-state index in [1.807, 2.05) is 0 Å². The van der Waals surface area contributed by atoms with Crippen LogP contribution in [0.1, 0.15) is 291 Å². The summed E-state index contributed by atoms with van der Waals surface area (Å²) in [7, 11) is 4.22. The molecule has 3 atom stereocenters. The van der Waals surface area contributed by atoms with Gasteiger partial charge in [0.15, 0.2) is 0 Å². The Morgan fingerprint density at radius 2 is 0.703 bits per heavy atom. The number of hydrogen-bond donors (Lipinski definition) is 0. The molecule has 0 aromatic heterocycles. The fourth-order valence-corrected chi connectivity index (χ4v) is 9.44. The van der Waals surface area contributed by atoms with Crippen molar-refractivity contribution in [1.29, 1.82) is 0 Å². The van der Waals surface area contributed by atoms with Crippen LogP contribution >= 0.6 is 0 Å². The summed E-state index contributed by atoms with van der Waals surface area (Å²) in [5, 5.41) is 0. The van der Waals surface area contributed by atoms with Gasteiger partial charge < -0.3 is 19.3 Å². The summed E-state index contributed by atoms with van der Waals surface area (Å²) < 4.78 is 11.8. The Morgan fingerprint density at radius 3 is 1.12 bits per heavy atom. The highest BCUT2D eigenvalue weighted by Gasteiger charge is 2.23. The zero-order chi connectivity index (χ0) is 47.1. The highest BCUT2D eigenvalue weighted by molar-refractivity contribution is 5.76. The highest BCUT2D eigenvalue weighted by Crippen LogP contribution is 2.23. The second kappa shape index (κ2) is 47.8. The topological polar surface area (TPSA) is 76.2 Å². The van der Waals surface area contributed by atoms with E-state index < -0.39 is 0 Å². The first-order valence-corrected chi connectivity index (χ1v) is 28.5. The van der Waals surface area contributed by atoms with Crippen LogP contribution in [0.4, 0.5) is 0 Å². The van der Waals surface area contributed by atoms with Crippen molar-refractivity contribution in [1.82, 2.24) is 9.80 Å². The SMILES string of the molecule is CCCCCCCCCC(CCC)COC(=O)CCCCCC(CCCCCC(=O)OCC(CCCCCC)CCCCCCCCC)N(CCCN(C)C)C(=O)CCCCCCC. The monoisotopic (exact) mass is 905 g/mol. The molecule has 3 unspecified atom stereocenters. The molecule has 64 heavy (non-hydrogen) atoms. The van der Waals surface area contributed by atoms with E-state index in [1.54, 1.807) is 0 Å². The van der Waals surface area contributed by atoms with Crippen LogP contribution in [0.5, 0.6) is 0 Å². The molecule has 0 radical (unpaired) electrons. The van der Waals surface area contributed by atoms with Gasteiger partial charge in [-0.3, -0.25) is 14.4 Å². The number of amides is 1. The second-order valence-electron chi connectivity index (χ2n) is 20.3. The first-order chi connectivity index (χ1) is 31.2. The highest BCUT2D eigenvalue weighted by atomic mass is 16.5. The van der Waals surface area contributed by atoms with Crippen LogP contribution in [-0.4, -0.2) is 74.1 Å². The fourth-order valence-electron chi connectivity index (χ4n) is 9.44. The first-order valence-electron chi connectivity index (χ1n) is 28.5. The van der Waals surface area contributed by atoms with E-state index >= 15 is 0 Å². The zero-order valence-corrected chi connectivity index (χ0v) is 44.3. The minimum atomic E-state index is -0.0463. The average Bonchev–Trinajstić information content (AvgIpc) is 3.28. The van der Waals surface area contributed by atoms with Crippen LogP contribution < -0.4 is 0 Å². The average molecular weight is 906 g/mol. The molecule has 1 amide bonds. The first kappa shape index (κ1) is 62.4. The number of carbonyl (C=O) groups excluding carboxylic acids is 3. The molecule has 380 valence electrons. The Kier molecular flexibility index (Phi) is 46.6. The van der Waals surface area contributed by atoms with Crippen molar-refractivity contribution in [3.05, 3.63) is 0 Å². The van der Waals surface area contributed by atoms with Gasteiger partial charge in [0.2, 0.25) is 5.91 Å². The van der Waals surface area contributed by atoms with E-state index in [-0.39, 0.29) is 18.0 Å². The van der Waals surface area contributed by atoms with Crippen LogP contribution in [0.15, 0.2) is 0 Å². The third kappa shape index (κ3) is 40.6. The Balaban J connectivity index is 5.20. The van der Waals surface area contributed by atoms with E-state index in [0.29, 0.717) is 50.2 Å². The molecule has 7 heteroatoms. The van der Waals surface area contributed by atoms with Gasteiger partial charge in [-0.25, -0.2) is 0 Å². The van der Waals surface area contributed by atoms with Crippen molar-refractivity contribution in [2.45, 2.75) is 297 Å². The smallest absolute Gasteiger partial charge is 0.305 e. The Bertz CT molecular complexity index is 1020. The molecule has 0 bridgehead atoms. The minimum Gasteiger partial charge on any atom is -0.465 e. The lowest BCUT2D eigenvalue weighted by Gasteiger charge is -2.33. The molecule has 0 rings (SSSR count). The van der Waals surface area contributed by atoms with Crippen molar-refractivity contribution in [3.8, 4) is 0 Å². The number of carbonyl (C=O) groups is 3. The summed E-state index contributed by atoms with van der Waals surface area (Å²) >= 11 is 0. The number of hydrogen-bond acceptors (Lipinski definition) is 6. The van der Waals surface area contributed by atoms with Crippen molar-refractivity contribution in [2.75, 3.05) is 40.4 Å². The van der Waals surface area contributed by atoms with Gasteiger partial charge in [-0.05, 0) is 96.7 Å². The number of nitrogens with zero attached hydrogens (tertiary/aromatic N) is 2. The van der Waals surface area contributed by atoms with Gasteiger partial charge in [-0.1, -0.05) is 208 Å². The molecule has 0 saturated carbocycles. The number of ether oxygens (including phenoxy) is 2. The quantitative estimate of drug-likeness (QED) is 0.0447. The molecule has 0 fully saturated rings. The van der Waals surface area contributed by atoms with Gasteiger partial charge in [0.25, 0.3) is 0 Å². The number of rotatable bonds is 50. The maximum Gasteiger partial charge on any atom is 0.305 e. The lowest BCUT2D eigenvalue weighted by atomic mass is 9.95. The van der Waals surface area contributed by atoms with Crippen LogP contribution in [0, 0.1) is 11.8 Å². The Labute approximate surface area is 399 Å². The summed E-state index contributed by atoms with van der Waals surface area (Å²) in [6, 6.07) is 0.200. The van der Waals surface area contributed by atoms with Gasteiger partial charge in [-0.2, -0.15) is 0 Å². The van der Waals surface area contributed by atoms with Gasteiger partial charge in [0.1, 0.15) is 0 Å². The molecule has 0 aromatic rings. The molecule has 0 N–H and O–H groups in total. The standard InChI is InChI=1S/C57H112N2O5/c1-8-13-17-21-23-26-31-40-52(39-12-5)50-63-56(61)46-36-28-33-43-54(59(49-38-48-58(6)7)55(60)45-35-25-19-15-10-3)44-34-29-37-47-57(62)64-51-53(41-30-20-16-11-4)42-32-27-24-22-18-14-9-2/h52-54H,8-51H2,1-7H3. The molecular formula is C57H112N2O5. The molecule has 0 aromatic carbocycles. The Morgan fingerprint density at radius 1 is 0.359 bits per heavy atom. The fraction of sp³-hybridized carbons (Fsp3) is 0.947. The largest absolute Gasteiger partial charge is 0.465 e. The van der Waals surface area contributed by atoms with Crippen molar-refractivity contribution in [2.24, 2.45) is 11.8 Å². The van der Waals surface area contributed by atoms with E-state index in [0.717, 1.165) is 96.6 Å². The van der Waals surface area contributed by atoms with Gasteiger partial charge >= 0.3 is 11.9 Å². The van der Waals surface area contributed by atoms with Crippen molar-refractivity contribution >= 4 is 17.8 Å². The Hall–Kier alpha value is -1.63. The minimum absolute atomic E-state index is 0.0363. The predicted molar refractivity (Wildman–Crippen MR) is 276 cm³/mol. The maximum absolute atomic E-state index is 13.9. The lowest BCUT2D eigenvalue weighted by Crippen LogP contribution is -2.41. The van der Waals surface area contributed by atoms with Gasteiger partial charge in [0, 0.05) is 31.8 Å². The molecule has 7 nitrogen and oxygen atoms in total. The summed E-state index contributed by atoms with van der Waals surface area (Å²) in [4.78, 5) is 44.2. The lowest BCUT2D eigenvalue weighted by molar-refractivity contribution is -0.146. The van der Waals surface area contributed by atoms with Gasteiger partial charge in [-0.15, -0.1) is 0 Å². The van der Waals surface area contributed by atoms with Gasteiger partial charge in [0.05, 0.1) is 13.2 Å². The van der Waals surface area contributed by atoms with Crippen LogP contribution in [0.2, 0.25) is 0 Å². The molecule has 0 aliphatic heterocycles. The van der Waals surface area contributed by atoms with Crippen LogP contribution in [-0.2, 0) is 23.9 Å². The van der Waals surface area contributed by atoms with Crippen molar-refractivity contribution in [3.63, 3.8) is 0 Å². The molecule has 0 aliphatic carbocycles. The normalized spacial score (nSPS) is 13.0.